The van der Waals surface area contributed by atoms with Crippen LogP contribution in [-0.4, -0.2) is 24.0 Å². The zero-order valence-corrected chi connectivity index (χ0v) is 13.3. The molecule has 5 nitrogen and oxygen atoms in total. The van der Waals surface area contributed by atoms with Crippen LogP contribution in [0, 0.1) is 5.92 Å². The Kier molecular flexibility index (Phi) is 3.01. The molecule has 1 aromatic carbocycles. The van der Waals surface area contributed by atoms with Crippen molar-refractivity contribution < 1.29 is 18.3 Å². The van der Waals surface area contributed by atoms with Crippen LogP contribution in [0.5, 0.6) is 11.5 Å². The Labute approximate surface area is 142 Å². The standard InChI is InChI=1S/C18H16F2N2O3/c19-18(20)24-15-3-1-2-13(17(15)25-18)11-5-14-12-4-10(7-21-8-12)9-22(14)16(23)6-11/h1-3,5-6,10,12,21H,4,7-9H2/t10-,12+/m0/s1. The molecule has 0 unspecified atom stereocenters. The first-order valence-electron chi connectivity index (χ1n) is 8.35. The number of hydrogen-bond acceptors (Lipinski definition) is 4. The summed E-state index contributed by atoms with van der Waals surface area (Å²) in [6.07, 6.45) is -2.64. The number of aromatic nitrogens is 1. The summed E-state index contributed by atoms with van der Waals surface area (Å²) < 4.78 is 37.9. The first-order chi connectivity index (χ1) is 12.0. The highest BCUT2D eigenvalue weighted by Gasteiger charge is 2.44. The lowest BCUT2D eigenvalue weighted by Crippen LogP contribution is -2.44. The van der Waals surface area contributed by atoms with Gasteiger partial charge in [0.25, 0.3) is 5.56 Å². The Morgan fingerprint density at radius 2 is 2.08 bits per heavy atom. The number of rotatable bonds is 1. The quantitative estimate of drug-likeness (QED) is 0.862. The lowest BCUT2D eigenvalue weighted by Gasteiger charge is -2.37. The largest absolute Gasteiger partial charge is 0.586 e. The van der Waals surface area contributed by atoms with Gasteiger partial charge in [0.05, 0.1) is 0 Å². The van der Waals surface area contributed by atoms with Crippen molar-refractivity contribution in [3.63, 3.8) is 0 Å². The van der Waals surface area contributed by atoms with Gasteiger partial charge in [0.1, 0.15) is 0 Å². The zero-order valence-electron chi connectivity index (χ0n) is 13.3. The molecular weight excluding hydrogens is 330 g/mol. The summed E-state index contributed by atoms with van der Waals surface area (Å²) in [7, 11) is 0. The van der Waals surface area contributed by atoms with Gasteiger partial charge in [0.2, 0.25) is 0 Å². The van der Waals surface area contributed by atoms with Crippen LogP contribution in [0.1, 0.15) is 18.0 Å². The summed E-state index contributed by atoms with van der Waals surface area (Å²) in [4.78, 5) is 12.6. The van der Waals surface area contributed by atoms with Crippen molar-refractivity contribution in [3.05, 3.63) is 46.4 Å². The summed E-state index contributed by atoms with van der Waals surface area (Å²) in [5.41, 5.74) is 1.88. The van der Waals surface area contributed by atoms with Gasteiger partial charge in [-0.25, -0.2) is 0 Å². The predicted octanol–water partition coefficient (Wildman–Crippen LogP) is 2.54. The van der Waals surface area contributed by atoms with E-state index in [2.05, 4.69) is 14.8 Å². The Bertz CT molecular complexity index is 925. The smallest absolute Gasteiger partial charge is 0.395 e. The van der Waals surface area contributed by atoms with Gasteiger partial charge in [-0.2, -0.15) is 0 Å². The van der Waals surface area contributed by atoms with Gasteiger partial charge in [-0.1, -0.05) is 12.1 Å². The van der Waals surface area contributed by atoms with Crippen LogP contribution >= 0.6 is 0 Å². The van der Waals surface area contributed by atoms with E-state index in [-0.39, 0.29) is 23.0 Å². The monoisotopic (exact) mass is 346 g/mol. The van der Waals surface area contributed by atoms with Crippen LogP contribution in [0.15, 0.2) is 35.1 Å². The molecule has 1 aromatic heterocycles. The maximum absolute atomic E-state index is 13.4. The number of piperidine rings is 1. The Morgan fingerprint density at radius 1 is 1.20 bits per heavy atom. The van der Waals surface area contributed by atoms with Crippen molar-refractivity contribution in [1.29, 1.82) is 0 Å². The highest BCUT2D eigenvalue weighted by molar-refractivity contribution is 5.74. The Balaban J connectivity index is 1.65. The van der Waals surface area contributed by atoms with Crippen molar-refractivity contribution in [3.8, 4) is 22.6 Å². The highest BCUT2D eigenvalue weighted by atomic mass is 19.3. The van der Waals surface area contributed by atoms with Gasteiger partial charge in [-0.3, -0.25) is 4.79 Å². The minimum Gasteiger partial charge on any atom is -0.395 e. The summed E-state index contributed by atoms with van der Waals surface area (Å²) in [6.45, 7) is 2.45. The van der Waals surface area contributed by atoms with Crippen LogP contribution in [0.3, 0.4) is 0 Å². The van der Waals surface area contributed by atoms with Gasteiger partial charge in [0, 0.05) is 36.3 Å². The number of ether oxygens (including phenoxy) is 2. The summed E-state index contributed by atoms with van der Waals surface area (Å²) in [6, 6.07) is 8.13. The minimum absolute atomic E-state index is 0.0141. The van der Waals surface area contributed by atoms with Crippen LogP contribution in [0.4, 0.5) is 8.78 Å². The number of benzene rings is 1. The second-order valence-corrected chi connectivity index (χ2v) is 6.87. The molecule has 3 aliphatic rings. The number of nitrogens with one attached hydrogen (secondary N) is 1. The summed E-state index contributed by atoms with van der Waals surface area (Å²) in [5, 5.41) is 3.40. The molecule has 130 valence electrons. The van der Waals surface area contributed by atoms with Gasteiger partial charge in [-0.15, -0.1) is 8.78 Å². The first-order valence-corrected chi connectivity index (χ1v) is 8.35. The van der Waals surface area contributed by atoms with Crippen molar-refractivity contribution in [1.82, 2.24) is 9.88 Å². The number of pyridine rings is 1. The topological polar surface area (TPSA) is 52.5 Å². The number of alkyl halides is 2. The fourth-order valence-electron chi connectivity index (χ4n) is 4.16. The highest BCUT2D eigenvalue weighted by Crippen LogP contribution is 2.47. The van der Waals surface area contributed by atoms with E-state index in [1.165, 1.54) is 12.1 Å². The molecule has 4 heterocycles. The fraction of sp³-hybridized carbons (Fsp3) is 0.389. The minimum atomic E-state index is -3.68. The van der Waals surface area contributed by atoms with Crippen LogP contribution in [0.2, 0.25) is 0 Å². The molecule has 1 fully saturated rings. The molecule has 1 N–H and O–H groups in total. The number of nitrogens with zero attached hydrogens (tertiary/aromatic N) is 1. The molecule has 0 radical (unpaired) electrons. The van der Waals surface area contributed by atoms with E-state index in [9.17, 15) is 13.6 Å². The second kappa shape index (κ2) is 5.05. The number of para-hydroxylation sites is 1. The zero-order chi connectivity index (χ0) is 17.2. The molecule has 0 amide bonds. The van der Waals surface area contributed by atoms with E-state index in [1.54, 1.807) is 12.1 Å². The average Bonchev–Trinajstić information content (AvgIpc) is 2.89. The van der Waals surface area contributed by atoms with Crippen molar-refractivity contribution in [2.24, 2.45) is 5.92 Å². The molecule has 0 spiro atoms. The van der Waals surface area contributed by atoms with E-state index in [1.807, 2.05) is 10.6 Å². The van der Waals surface area contributed by atoms with Gasteiger partial charge in [-0.05, 0) is 36.6 Å². The van der Waals surface area contributed by atoms with Gasteiger partial charge in [0.15, 0.2) is 11.5 Å². The molecule has 0 aliphatic carbocycles. The van der Waals surface area contributed by atoms with E-state index in [4.69, 9.17) is 0 Å². The average molecular weight is 346 g/mol. The number of hydrogen-bond donors (Lipinski definition) is 1. The molecular formula is C18H16F2N2O3. The molecule has 7 heteroatoms. The van der Waals surface area contributed by atoms with Crippen LogP contribution < -0.4 is 20.3 Å². The molecule has 5 rings (SSSR count). The predicted molar refractivity (Wildman–Crippen MR) is 86.1 cm³/mol. The maximum atomic E-state index is 13.4. The van der Waals surface area contributed by atoms with Crippen molar-refractivity contribution in [2.75, 3.05) is 13.1 Å². The summed E-state index contributed by atoms with van der Waals surface area (Å²) in [5.74, 6) is 0.689. The molecule has 2 atom stereocenters. The van der Waals surface area contributed by atoms with E-state index in [0.29, 0.717) is 23.6 Å². The maximum Gasteiger partial charge on any atom is 0.586 e. The fourth-order valence-corrected chi connectivity index (χ4v) is 4.16. The SMILES string of the molecule is O=c1cc(-c2cccc3c2OC(F)(F)O3)cc2n1C[C@@H]1CNC[C@H]2C1. The van der Waals surface area contributed by atoms with Crippen LogP contribution in [0.25, 0.3) is 11.1 Å². The molecule has 2 bridgehead atoms. The van der Waals surface area contributed by atoms with Crippen molar-refractivity contribution >= 4 is 0 Å². The number of halogens is 2. The molecule has 25 heavy (non-hydrogen) atoms. The molecule has 2 aromatic rings. The van der Waals surface area contributed by atoms with E-state index >= 15 is 0 Å². The number of fused-ring (bicyclic) bond motifs is 5. The van der Waals surface area contributed by atoms with Gasteiger partial charge >= 0.3 is 6.29 Å². The second-order valence-electron chi connectivity index (χ2n) is 6.87. The Hall–Kier alpha value is -2.41. The third-order valence-electron chi connectivity index (χ3n) is 5.20. The lowest BCUT2D eigenvalue weighted by atomic mass is 9.83. The normalized spacial score (nSPS) is 25.5. The van der Waals surface area contributed by atoms with Gasteiger partial charge < -0.3 is 19.4 Å². The first kappa shape index (κ1) is 14.9. The third-order valence-corrected chi connectivity index (χ3v) is 5.20. The van der Waals surface area contributed by atoms with Crippen molar-refractivity contribution in [2.45, 2.75) is 25.2 Å². The lowest BCUT2D eigenvalue weighted by molar-refractivity contribution is -0.286. The van der Waals surface area contributed by atoms with Crippen LogP contribution in [-0.2, 0) is 6.54 Å². The molecule has 0 saturated carbocycles. The Morgan fingerprint density at radius 3 is 2.96 bits per heavy atom. The van der Waals surface area contributed by atoms with E-state index < -0.39 is 6.29 Å². The molecule has 1 saturated heterocycles. The summed E-state index contributed by atoms with van der Waals surface area (Å²) >= 11 is 0. The molecule has 3 aliphatic heterocycles. The van der Waals surface area contributed by atoms with E-state index in [0.717, 1.165) is 25.2 Å². The third kappa shape index (κ3) is 2.33.